The molecule has 26 heavy (non-hydrogen) atoms. The molecule has 150 valence electrons. The van der Waals surface area contributed by atoms with Crippen molar-refractivity contribution >= 4 is 10.8 Å². The van der Waals surface area contributed by atoms with Crippen LogP contribution in [0.15, 0.2) is 0 Å². The van der Waals surface area contributed by atoms with Gasteiger partial charge in [0.25, 0.3) is 0 Å². The highest BCUT2D eigenvalue weighted by atomic mass is 32.2. The van der Waals surface area contributed by atoms with Crippen LogP contribution in [-0.4, -0.2) is 89.2 Å². The lowest BCUT2D eigenvalue weighted by Crippen LogP contribution is -2.56. The summed E-state index contributed by atoms with van der Waals surface area (Å²) in [4.78, 5) is 5.19. The molecule has 4 aliphatic rings. The Morgan fingerprint density at radius 2 is 1.00 bits per heavy atom. The first-order chi connectivity index (χ1) is 12.8. The quantitative estimate of drug-likeness (QED) is 0.742. The molecule has 2 aliphatic heterocycles. The van der Waals surface area contributed by atoms with Crippen molar-refractivity contribution in [2.45, 2.75) is 74.0 Å². The fourth-order valence-corrected chi connectivity index (χ4v) is 8.06. The van der Waals surface area contributed by atoms with Crippen molar-refractivity contribution < 1.29 is 13.7 Å². The number of hydrogen-bond donors (Lipinski definition) is 0. The molecular weight excluding hydrogens is 348 g/mol. The third-order valence-corrected chi connectivity index (χ3v) is 9.25. The molecule has 2 saturated heterocycles. The lowest BCUT2D eigenvalue weighted by Gasteiger charge is -2.46. The summed E-state index contributed by atoms with van der Waals surface area (Å²) >= 11 is 0. The predicted octanol–water partition coefficient (Wildman–Crippen LogP) is 2.02. The van der Waals surface area contributed by atoms with Crippen LogP contribution in [0.1, 0.15) is 51.4 Å². The molecule has 0 radical (unpaired) electrons. The maximum absolute atomic E-state index is 13.9. The van der Waals surface area contributed by atoms with Gasteiger partial charge in [-0.05, 0) is 25.7 Å². The van der Waals surface area contributed by atoms with Crippen LogP contribution in [0.25, 0.3) is 0 Å². The van der Waals surface area contributed by atoms with Gasteiger partial charge in [0.05, 0.1) is 36.9 Å². The molecule has 5 atom stereocenters. The average molecular weight is 385 g/mol. The van der Waals surface area contributed by atoms with E-state index < -0.39 is 10.8 Å². The van der Waals surface area contributed by atoms with Crippen molar-refractivity contribution in [1.29, 1.82) is 0 Å². The van der Waals surface area contributed by atoms with Crippen molar-refractivity contribution in [2.75, 3.05) is 52.6 Å². The summed E-state index contributed by atoms with van der Waals surface area (Å²) in [5.74, 6) is 0. The van der Waals surface area contributed by atoms with E-state index in [0.717, 1.165) is 65.4 Å². The smallest absolute Gasteiger partial charge is 0.0594 e. The zero-order chi connectivity index (χ0) is 17.8. The summed E-state index contributed by atoms with van der Waals surface area (Å²) in [5, 5.41) is 0.738. The monoisotopic (exact) mass is 384 g/mol. The second kappa shape index (κ2) is 9.46. The zero-order valence-electron chi connectivity index (χ0n) is 16.2. The lowest BCUT2D eigenvalue weighted by atomic mass is 9.92. The van der Waals surface area contributed by atoms with Crippen LogP contribution in [0.5, 0.6) is 0 Å². The summed E-state index contributed by atoms with van der Waals surface area (Å²) in [7, 11) is -0.721. The highest BCUT2D eigenvalue weighted by Crippen LogP contribution is 2.34. The normalized spacial score (nSPS) is 39.5. The fourth-order valence-electron chi connectivity index (χ4n) is 5.57. The summed E-state index contributed by atoms with van der Waals surface area (Å²) in [6.07, 6.45) is 9.87. The summed E-state index contributed by atoms with van der Waals surface area (Å²) in [6.45, 7) is 7.47. The molecule has 6 heteroatoms. The molecule has 0 bridgehead atoms. The molecule has 0 N–H and O–H groups in total. The second-order valence-electron chi connectivity index (χ2n) is 8.41. The molecule has 0 aromatic carbocycles. The van der Waals surface area contributed by atoms with Crippen LogP contribution in [-0.2, 0) is 20.3 Å². The Bertz CT molecular complexity index is 426. The molecule has 4 rings (SSSR count). The minimum absolute atomic E-state index is 0.369. The van der Waals surface area contributed by atoms with Crippen molar-refractivity contribution in [3.63, 3.8) is 0 Å². The van der Waals surface area contributed by atoms with Gasteiger partial charge in [0, 0.05) is 49.1 Å². The first-order valence-electron chi connectivity index (χ1n) is 10.9. The van der Waals surface area contributed by atoms with Crippen molar-refractivity contribution in [2.24, 2.45) is 0 Å². The first kappa shape index (κ1) is 19.3. The van der Waals surface area contributed by atoms with Crippen molar-refractivity contribution in [1.82, 2.24) is 9.80 Å². The largest absolute Gasteiger partial charge is 0.379 e. The second-order valence-corrected chi connectivity index (χ2v) is 10.3. The first-order valence-corrected chi connectivity index (χ1v) is 12.1. The Labute approximate surface area is 161 Å². The van der Waals surface area contributed by atoms with E-state index >= 15 is 0 Å². The Hall–Kier alpha value is -0.0100. The van der Waals surface area contributed by atoms with Crippen LogP contribution in [0.4, 0.5) is 0 Å². The highest BCUT2D eigenvalue weighted by Gasteiger charge is 2.42. The third-order valence-electron chi connectivity index (χ3n) is 6.96. The average Bonchev–Trinajstić information content (AvgIpc) is 2.74. The van der Waals surface area contributed by atoms with E-state index in [-0.39, 0.29) is 0 Å². The Balaban J connectivity index is 1.47. The summed E-state index contributed by atoms with van der Waals surface area (Å²) < 4.78 is 25.0. The van der Waals surface area contributed by atoms with Crippen LogP contribution in [0.2, 0.25) is 0 Å². The van der Waals surface area contributed by atoms with Gasteiger partial charge in [-0.2, -0.15) is 0 Å². The van der Waals surface area contributed by atoms with Crippen LogP contribution in [0, 0.1) is 0 Å². The molecule has 4 fully saturated rings. The number of morpholine rings is 2. The van der Waals surface area contributed by atoms with E-state index in [0.29, 0.717) is 22.6 Å². The molecule has 2 heterocycles. The van der Waals surface area contributed by atoms with Gasteiger partial charge in [-0.1, -0.05) is 25.7 Å². The molecule has 0 spiro atoms. The highest BCUT2D eigenvalue weighted by molar-refractivity contribution is 7.86. The molecule has 0 aromatic rings. The molecule has 0 aromatic heterocycles. The van der Waals surface area contributed by atoms with E-state index in [9.17, 15) is 4.21 Å². The molecule has 5 nitrogen and oxygen atoms in total. The minimum atomic E-state index is -0.721. The molecule has 2 aliphatic carbocycles. The van der Waals surface area contributed by atoms with E-state index in [4.69, 9.17) is 9.47 Å². The minimum Gasteiger partial charge on any atom is -0.379 e. The van der Waals surface area contributed by atoms with Gasteiger partial charge in [0.1, 0.15) is 0 Å². The maximum Gasteiger partial charge on any atom is 0.0594 e. The Morgan fingerprint density at radius 1 is 0.615 bits per heavy atom. The van der Waals surface area contributed by atoms with Gasteiger partial charge in [-0.15, -0.1) is 0 Å². The van der Waals surface area contributed by atoms with Gasteiger partial charge in [0.2, 0.25) is 0 Å². The fraction of sp³-hybridized carbons (Fsp3) is 1.00. The van der Waals surface area contributed by atoms with Crippen LogP contribution in [0.3, 0.4) is 0 Å². The number of ether oxygens (including phenoxy) is 2. The van der Waals surface area contributed by atoms with Gasteiger partial charge in [-0.3, -0.25) is 14.0 Å². The van der Waals surface area contributed by atoms with E-state index in [1.807, 2.05) is 0 Å². The van der Waals surface area contributed by atoms with E-state index in [1.54, 1.807) is 0 Å². The van der Waals surface area contributed by atoms with Crippen LogP contribution < -0.4 is 0 Å². The Kier molecular flexibility index (Phi) is 7.03. The molecule has 0 amide bonds. The SMILES string of the molecule is O=S([C@@H]1CCCC[C@H]1N1CCOCC1)[C@H]1CCCC[C@H]1N1CCOCC1. The number of nitrogens with zero attached hydrogens (tertiary/aromatic N) is 2. The van der Waals surface area contributed by atoms with Gasteiger partial charge in [0.15, 0.2) is 0 Å². The molecule has 2 saturated carbocycles. The van der Waals surface area contributed by atoms with Gasteiger partial charge in [-0.25, -0.2) is 0 Å². The number of rotatable bonds is 4. The maximum atomic E-state index is 13.9. The zero-order valence-corrected chi connectivity index (χ0v) is 17.0. The Morgan fingerprint density at radius 3 is 1.42 bits per heavy atom. The van der Waals surface area contributed by atoms with Gasteiger partial charge < -0.3 is 9.47 Å². The van der Waals surface area contributed by atoms with E-state index in [1.165, 1.54) is 38.5 Å². The van der Waals surface area contributed by atoms with Crippen molar-refractivity contribution in [3.8, 4) is 0 Å². The molecule has 1 unspecified atom stereocenters. The lowest BCUT2D eigenvalue weighted by molar-refractivity contribution is 0.00717. The van der Waals surface area contributed by atoms with E-state index in [2.05, 4.69) is 9.80 Å². The topological polar surface area (TPSA) is 42.0 Å². The van der Waals surface area contributed by atoms with Crippen molar-refractivity contribution in [3.05, 3.63) is 0 Å². The molecular formula is C20H36N2O3S. The summed E-state index contributed by atoms with van der Waals surface area (Å²) in [5.41, 5.74) is 0. The summed E-state index contributed by atoms with van der Waals surface area (Å²) in [6, 6.07) is 1.03. The van der Waals surface area contributed by atoms with Crippen LogP contribution >= 0.6 is 0 Å². The predicted molar refractivity (Wildman–Crippen MR) is 105 cm³/mol. The standard InChI is InChI=1S/C20H36N2O3S/c23-26(19-7-3-1-5-17(19)21-9-13-24-14-10-21)20-8-4-2-6-18(20)22-11-15-25-16-12-22/h17-20H,1-16H2/t17-,18-,19-,20+,26?/m1/s1. The number of hydrogen-bond acceptors (Lipinski definition) is 5. The third kappa shape index (κ3) is 4.35. The van der Waals surface area contributed by atoms with Gasteiger partial charge >= 0.3 is 0 Å².